The molecule has 19 heavy (non-hydrogen) atoms. The third-order valence-electron chi connectivity index (χ3n) is 3.85. The molecule has 1 heterocycles. The lowest BCUT2D eigenvalue weighted by atomic mass is 10.2. The van der Waals surface area contributed by atoms with Gasteiger partial charge in [0.2, 0.25) is 0 Å². The third kappa shape index (κ3) is 3.26. The predicted molar refractivity (Wildman–Crippen MR) is 76.2 cm³/mol. The number of amides is 2. The van der Waals surface area contributed by atoms with Crippen LogP contribution in [0.15, 0.2) is 30.3 Å². The molecule has 1 aliphatic carbocycles. The zero-order chi connectivity index (χ0) is 13.1. The van der Waals surface area contributed by atoms with Gasteiger partial charge in [0.05, 0.1) is 0 Å². The second-order valence-corrected chi connectivity index (χ2v) is 5.47. The van der Waals surface area contributed by atoms with E-state index in [0.29, 0.717) is 12.1 Å². The molecule has 1 saturated carbocycles. The largest absolute Gasteiger partial charge is 0.322 e. The van der Waals surface area contributed by atoms with Gasteiger partial charge in [-0.2, -0.15) is 0 Å². The Bertz CT molecular complexity index is 424. The van der Waals surface area contributed by atoms with Crippen LogP contribution in [0, 0.1) is 0 Å². The number of para-hydroxylation sites is 1. The zero-order valence-electron chi connectivity index (χ0n) is 11.1. The van der Waals surface area contributed by atoms with Crippen molar-refractivity contribution in [3.8, 4) is 0 Å². The minimum absolute atomic E-state index is 0.0439. The summed E-state index contributed by atoms with van der Waals surface area (Å²) in [5.41, 5.74) is 0.873. The molecule has 1 aromatic carbocycles. The maximum atomic E-state index is 12.4. The van der Waals surface area contributed by atoms with Crippen LogP contribution in [0.5, 0.6) is 0 Å². The first kappa shape index (κ1) is 12.5. The van der Waals surface area contributed by atoms with Gasteiger partial charge in [0.15, 0.2) is 0 Å². The fourth-order valence-corrected chi connectivity index (χ4v) is 2.65. The van der Waals surface area contributed by atoms with Gasteiger partial charge >= 0.3 is 6.03 Å². The highest BCUT2D eigenvalue weighted by atomic mass is 16.2. The van der Waals surface area contributed by atoms with Crippen LogP contribution in [0.1, 0.15) is 25.7 Å². The second-order valence-electron chi connectivity index (χ2n) is 5.47. The van der Waals surface area contributed by atoms with Crippen molar-refractivity contribution in [1.82, 2.24) is 10.2 Å². The summed E-state index contributed by atoms with van der Waals surface area (Å²) in [6.45, 7) is 1.92. The highest BCUT2D eigenvalue weighted by Gasteiger charge is 2.34. The van der Waals surface area contributed by atoms with Crippen LogP contribution in [0.2, 0.25) is 0 Å². The van der Waals surface area contributed by atoms with E-state index in [2.05, 4.69) is 10.6 Å². The Kier molecular flexibility index (Phi) is 3.69. The molecule has 1 saturated heterocycles. The van der Waals surface area contributed by atoms with Crippen molar-refractivity contribution in [2.75, 3.05) is 18.4 Å². The van der Waals surface area contributed by atoms with Crippen LogP contribution in [0.3, 0.4) is 0 Å². The molecule has 102 valence electrons. The van der Waals surface area contributed by atoms with Crippen molar-refractivity contribution in [2.45, 2.75) is 37.8 Å². The zero-order valence-corrected chi connectivity index (χ0v) is 11.1. The first-order chi connectivity index (χ1) is 9.33. The van der Waals surface area contributed by atoms with Gasteiger partial charge in [-0.05, 0) is 44.4 Å². The Morgan fingerprint density at radius 3 is 2.68 bits per heavy atom. The van der Waals surface area contributed by atoms with Crippen LogP contribution in [-0.2, 0) is 0 Å². The Labute approximate surface area is 114 Å². The number of nitrogens with zero attached hydrogens (tertiary/aromatic N) is 1. The summed E-state index contributed by atoms with van der Waals surface area (Å²) in [7, 11) is 0. The summed E-state index contributed by atoms with van der Waals surface area (Å²) in [6.07, 6.45) is 4.70. The summed E-state index contributed by atoms with van der Waals surface area (Å²) >= 11 is 0. The first-order valence-electron chi connectivity index (χ1n) is 7.19. The lowest BCUT2D eigenvalue weighted by Crippen LogP contribution is -2.44. The van der Waals surface area contributed by atoms with Gasteiger partial charge in [-0.3, -0.25) is 0 Å². The van der Waals surface area contributed by atoms with Gasteiger partial charge in [-0.25, -0.2) is 4.79 Å². The molecule has 2 aliphatic rings. The normalized spacial score (nSPS) is 22.2. The Morgan fingerprint density at radius 1 is 1.26 bits per heavy atom. The summed E-state index contributed by atoms with van der Waals surface area (Å²) < 4.78 is 0. The minimum atomic E-state index is 0.0439. The van der Waals surface area contributed by atoms with E-state index in [4.69, 9.17) is 0 Å². The Balaban J connectivity index is 1.61. The standard InChI is InChI=1S/C15H21N3O/c19-15(17-12-5-2-1-3-6-12)18(14-8-9-14)11-13-7-4-10-16-13/h1-3,5-6,13-14,16H,4,7-11H2,(H,17,19). The minimum Gasteiger partial charge on any atom is -0.320 e. The number of urea groups is 1. The molecule has 3 rings (SSSR count). The molecular formula is C15H21N3O. The van der Waals surface area contributed by atoms with Gasteiger partial charge in [0.25, 0.3) is 0 Å². The highest BCUT2D eigenvalue weighted by molar-refractivity contribution is 5.89. The average Bonchev–Trinajstić information content (AvgIpc) is 3.14. The summed E-state index contributed by atoms with van der Waals surface area (Å²) in [6, 6.07) is 10.7. The fourth-order valence-electron chi connectivity index (χ4n) is 2.65. The molecule has 0 spiro atoms. The number of nitrogens with one attached hydrogen (secondary N) is 2. The van der Waals surface area contributed by atoms with E-state index in [1.165, 1.54) is 12.8 Å². The van der Waals surface area contributed by atoms with Crippen molar-refractivity contribution in [3.05, 3.63) is 30.3 Å². The van der Waals surface area contributed by atoms with Crippen LogP contribution < -0.4 is 10.6 Å². The molecule has 0 bridgehead atoms. The number of benzene rings is 1. The number of carbonyl (C=O) groups is 1. The molecular weight excluding hydrogens is 238 g/mol. The number of hydrogen-bond donors (Lipinski definition) is 2. The topological polar surface area (TPSA) is 44.4 Å². The van der Waals surface area contributed by atoms with Crippen molar-refractivity contribution in [3.63, 3.8) is 0 Å². The number of hydrogen-bond acceptors (Lipinski definition) is 2. The van der Waals surface area contributed by atoms with Crippen molar-refractivity contribution in [2.24, 2.45) is 0 Å². The third-order valence-corrected chi connectivity index (χ3v) is 3.85. The number of carbonyl (C=O) groups excluding carboxylic acids is 1. The van der Waals surface area contributed by atoms with Crippen LogP contribution in [0.4, 0.5) is 10.5 Å². The number of anilines is 1. The van der Waals surface area contributed by atoms with Gasteiger partial charge < -0.3 is 15.5 Å². The molecule has 1 atom stereocenters. The SMILES string of the molecule is O=C(Nc1ccccc1)N(CC1CCCN1)C1CC1. The second kappa shape index (κ2) is 5.61. The lowest BCUT2D eigenvalue weighted by Gasteiger charge is -2.26. The molecule has 0 radical (unpaired) electrons. The van der Waals surface area contributed by atoms with Crippen molar-refractivity contribution in [1.29, 1.82) is 0 Å². The highest BCUT2D eigenvalue weighted by Crippen LogP contribution is 2.28. The Morgan fingerprint density at radius 2 is 2.05 bits per heavy atom. The van der Waals surface area contributed by atoms with E-state index in [-0.39, 0.29) is 6.03 Å². The smallest absolute Gasteiger partial charge is 0.320 e. The van der Waals surface area contributed by atoms with Gasteiger partial charge in [0, 0.05) is 24.3 Å². The predicted octanol–water partition coefficient (Wildman–Crippen LogP) is 2.43. The lowest BCUT2D eigenvalue weighted by molar-refractivity contribution is 0.203. The molecule has 2 N–H and O–H groups in total. The quantitative estimate of drug-likeness (QED) is 0.872. The van der Waals surface area contributed by atoms with E-state index in [1.54, 1.807) is 0 Å². The molecule has 4 nitrogen and oxygen atoms in total. The molecule has 1 aromatic rings. The first-order valence-corrected chi connectivity index (χ1v) is 7.19. The van der Waals surface area contributed by atoms with Gasteiger partial charge in [-0.1, -0.05) is 18.2 Å². The maximum absolute atomic E-state index is 12.4. The molecule has 1 aliphatic heterocycles. The van der Waals surface area contributed by atoms with E-state index in [9.17, 15) is 4.79 Å². The maximum Gasteiger partial charge on any atom is 0.322 e. The van der Waals surface area contributed by atoms with E-state index < -0.39 is 0 Å². The van der Waals surface area contributed by atoms with Gasteiger partial charge in [-0.15, -0.1) is 0 Å². The number of rotatable bonds is 4. The monoisotopic (exact) mass is 259 g/mol. The summed E-state index contributed by atoms with van der Waals surface area (Å²) in [4.78, 5) is 14.4. The van der Waals surface area contributed by atoms with E-state index in [0.717, 1.165) is 31.6 Å². The van der Waals surface area contributed by atoms with E-state index >= 15 is 0 Å². The van der Waals surface area contributed by atoms with Crippen LogP contribution >= 0.6 is 0 Å². The molecule has 4 heteroatoms. The van der Waals surface area contributed by atoms with Gasteiger partial charge in [0.1, 0.15) is 0 Å². The fraction of sp³-hybridized carbons (Fsp3) is 0.533. The molecule has 2 amide bonds. The van der Waals surface area contributed by atoms with E-state index in [1.807, 2.05) is 35.2 Å². The summed E-state index contributed by atoms with van der Waals surface area (Å²) in [5, 5.41) is 6.46. The van der Waals surface area contributed by atoms with Crippen molar-refractivity contribution >= 4 is 11.7 Å². The molecule has 2 fully saturated rings. The van der Waals surface area contributed by atoms with Crippen LogP contribution in [0.25, 0.3) is 0 Å². The molecule has 1 unspecified atom stereocenters. The summed E-state index contributed by atoms with van der Waals surface area (Å²) in [5.74, 6) is 0. The Hall–Kier alpha value is -1.55. The molecule has 0 aromatic heterocycles. The van der Waals surface area contributed by atoms with Crippen LogP contribution in [-0.4, -0.2) is 36.1 Å². The van der Waals surface area contributed by atoms with Crippen molar-refractivity contribution < 1.29 is 4.79 Å². The average molecular weight is 259 g/mol.